The number of aromatic nitrogens is 2. The summed E-state index contributed by atoms with van der Waals surface area (Å²) in [5.74, 6) is 0.103. The smallest absolute Gasteiger partial charge is 0.230 e. The second-order valence-electron chi connectivity index (χ2n) is 4.98. The Kier molecular flexibility index (Phi) is 2.63. The molecule has 92 valence electrons. The number of rotatable bonds is 1. The van der Waals surface area contributed by atoms with Crippen LogP contribution < -0.4 is 0 Å². The summed E-state index contributed by atoms with van der Waals surface area (Å²) in [7, 11) is 0. The Morgan fingerprint density at radius 2 is 2.41 bits per heavy atom. The van der Waals surface area contributed by atoms with E-state index in [9.17, 15) is 9.90 Å². The van der Waals surface area contributed by atoms with Gasteiger partial charge in [0.2, 0.25) is 5.91 Å². The summed E-state index contributed by atoms with van der Waals surface area (Å²) in [6.07, 6.45) is 5.06. The molecule has 3 rings (SSSR count). The third kappa shape index (κ3) is 1.84. The fraction of sp³-hybridized carbons (Fsp3) is 0.667. The molecule has 1 aliphatic heterocycles. The van der Waals surface area contributed by atoms with Crippen LogP contribution in [0.1, 0.15) is 36.4 Å². The predicted octanol–water partition coefficient (Wildman–Crippen LogP) is 0.423. The maximum Gasteiger partial charge on any atom is 0.230 e. The first-order valence-electron chi connectivity index (χ1n) is 6.24. The maximum atomic E-state index is 12.4. The van der Waals surface area contributed by atoms with E-state index < -0.39 is 0 Å². The van der Waals surface area contributed by atoms with Crippen molar-refractivity contribution < 1.29 is 9.90 Å². The summed E-state index contributed by atoms with van der Waals surface area (Å²) in [5.41, 5.74) is 2.16. The van der Waals surface area contributed by atoms with Crippen LogP contribution in [0.2, 0.25) is 0 Å². The number of aromatic amines is 1. The van der Waals surface area contributed by atoms with Gasteiger partial charge in [-0.1, -0.05) is 0 Å². The van der Waals surface area contributed by atoms with Crippen molar-refractivity contribution in [3.05, 3.63) is 17.5 Å². The molecule has 0 saturated carbocycles. The van der Waals surface area contributed by atoms with Gasteiger partial charge in [-0.25, -0.2) is 0 Å². The lowest BCUT2D eigenvalue weighted by Crippen LogP contribution is -2.35. The summed E-state index contributed by atoms with van der Waals surface area (Å²) in [5, 5.41) is 16.5. The highest BCUT2D eigenvalue weighted by molar-refractivity contribution is 5.84. The first-order valence-corrected chi connectivity index (χ1v) is 6.24. The van der Waals surface area contributed by atoms with Crippen LogP contribution in [-0.4, -0.2) is 45.3 Å². The highest BCUT2D eigenvalue weighted by atomic mass is 16.3. The molecule has 0 aromatic carbocycles. The molecule has 2 N–H and O–H groups in total. The van der Waals surface area contributed by atoms with Gasteiger partial charge >= 0.3 is 0 Å². The Balaban J connectivity index is 1.80. The molecule has 1 unspecified atom stereocenters. The number of H-pyrrole nitrogens is 1. The number of nitrogens with zero attached hydrogens (tertiary/aromatic N) is 2. The highest BCUT2D eigenvalue weighted by Crippen LogP contribution is 2.32. The number of carbonyl (C=O) groups excluding carboxylic acids is 1. The molecule has 2 atom stereocenters. The number of hydrogen-bond acceptors (Lipinski definition) is 3. The quantitative estimate of drug-likeness (QED) is 0.741. The largest absolute Gasteiger partial charge is 0.391 e. The Hall–Kier alpha value is -1.36. The van der Waals surface area contributed by atoms with Crippen molar-refractivity contribution in [1.82, 2.24) is 15.1 Å². The van der Waals surface area contributed by atoms with Gasteiger partial charge in [-0.15, -0.1) is 0 Å². The lowest BCUT2D eigenvalue weighted by atomic mass is 9.86. The van der Waals surface area contributed by atoms with Crippen molar-refractivity contribution in [2.75, 3.05) is 13.1 Å². The molecule has 1 saturated heterocycles. The Morgan fingerprint density at radius 1 is 1.53 bits per heavy atom. The number of aliphatic hydroxyl groups is 1. The van der Waals surface area contributed by atoms with E-state index in [-0.39, 0.29) is 17.9 Å². The van der Waals surface area contributed by atoms with Crippen LogP contribution in [-0.2, 0) is 11.2 Å². The average molecular weight is 235 g/mol. The Labute approximate surface area is 99.8 Å². The SMILES string of the molecule is O=C(C1CCCc2[nH]ncc21)N1CC[C@@H](O)C1. The zero-order valence-corrected chi connectivity index (χ0v) is 9.72. The molecule has 1 aromatic rings. The molecule has 0 bridgehead atoms. The second-order valence-corrected chi connectivity index (χ2v) is 4.98. The van der Waals surface area contributed by atoms with Crippen molar-refractivity contribution in [2.24, 2.45) is 0 Å². The number of aliphatic hydroxyl groups excluding tert-OH is 1. The molecule has 1 amide bonds. The Morgan fingerprint density at radius 3 is 3.18 bits per heavy atom. The minimum Gasteiger partial charge on any atom is -0.391 e. The summed E-state index contributed by atoms with van der Waals surface area (Å²) < 4.78 is 0. The Bertz CT molecular complexity index is 429. The number of fused-ring (bicyclic) bond motifs is 1. The molecule has 5 nitrogen and oxygen atoms in total. The van der Waals surface area contributed by atoms with Crippen molar-refractivity contribution in [3.63, 3.8) is 0 Å². The zero-order chi connectivity index (χ0) is 11.8. The van der Waals surface area contributed by atoms with Crippen LogP contribution in [0.3, 0.4) is 0 Å². The van der Waals surface area contributed by atoms with Gasteiger partial charge < -0.3 is 10.0 Å². The summed E-state index contributed by atoms with van der Waals surface area (Å²) in [4.78, 5) is 14.2. The average Bonchev–Trinajstić information content (AvgIpc) is 2.95. The summed E-state index contributed by atoms with van der Waals surface area (Å²) in [6.45, 7) is 1.17. The number of likely N-dealkylation sites (tertiary alicyclic amines) is 1. The highest BCUT2D eigenvalue weighted by Gasteiger charge is 2.34. The lowest BCUT2D eigenvalue weighted by Gasteiger charge is -2.26. The van der Waals surface area contributed by atoms with Crippen LogP contribution in [0.4, 0.5) is 0 Å². The molecule has 2 heterocycles. The molecule has 1 aliphatic carbocycles. The van der Waals surface area contributed by atoms with Gasteiger partial charge in [0.15, 0.2) is 0 Å². The lowest BCUT2D eigenvalue weighted by molar-refractivity contribution is -0.132. The number of carbonyl (C=O) groups is 1. The number of amides is 1. The van der Waals surface area contributed by atoms with Crippen molar-refractivity contribution in [1.29, 1.82) is 0 Å². The van der Waals surface area contributed by atoms with Crippen molar-refractivity contribution in [3.8, 4) is 0 Å². The van der Waals surface area contributed by atoms with Gasteiger partial charge in [0.05, 0.1) is 18.2 Å². The van der Waals surface area contributed by atoms with Gasteiger partial charge in [0.25, 0.3) is 0 Å². The second kappa shape index (κ2) is 4.14. The van der Waals surface area contributed by atoms with Gasteiger partial charge in [0.1, 0.15) is 0 Å². The van der Waals surface area contributed by atoms with E-state index in [0.717, 1.165) is 30.5 Å². The zero-order valence-electron chi connectivity index (χ0n) is 9.72. The van der Waals surface area contributed by atoms with E-state index in [2.05, 4.69) is 10.2 Å². The first-order chi connectivity index (χ1) is 8.25. The number of aryl methyl sites for hydroxylation is 1. The number of hydrogen-bond donors (Lipinski definition) is 2. The van der Waals surface area contributed by atoms with E-state index in [4.69, 9.17) is 0 Å². The standard InChI is InChI=1S/C12H17N3O2/c16-8-4-5-15(7-8)12(17)9-2-1-3-11-10(9)6-13-14-11/h6,8-9,16H,1-5,7H2,(H,13,14)/t8-,9?/m1/s1. The van der Waals surface area contributed by atoms with Gasteiger partial charge in [-0.3, -0.25) is 9.89 Å². The molecular formula is C12H17N3O2. The number of nitrogens with one attached hydrogen (secondary N) is 1. The molecule has 5 heteroatoms. The molecule has 2 aliphatic rings. The van der Waals surface area contributed by atoms with E-state index >= 15 is 0 Å². The molecule has 1 aromatic heterocycles. The molecule has 17 heavy (non-hydrogen) atoms. The maximum absolute atomic E-state index is 12.4. The molecular weight excluding hydrogens is 218 g/mol. The van der Waals surface area contributed by atoms with Gasteiger partial charge in [-0.05, 0) is 25.7 Å². The normalized spacial score (nSPS) is 28.2. The van der Waals surface area contributed by atoms with Crippen LogP contribution in [0.5, 0.6) is 0 Å². The third-order valence-corrected chi connectivity index (χ3v) is 3.82. The minimum absolute atomic E-state index is 0.0530. The predicted molar refractivity (Wildman–Crippen MR) is 61.5 cm³/mol. The van der Waals surface area contributed by atoms with Crippen LogP contribution in [0.15, 0.2) is 6.20 Å². The van der Waals surface area contributed by atoms with Crippen LogP contribution in [0.25, 0.3) is 0 Å². The van der Waals surface area contributed by atoms with Gasteiger partial charge in [0, 0.05) is 24.3 Å². The monoisotopic (exact) mass is 235 g/mol. The molecule has 0 radical (unpaired) electrons. The minimum atomic E-state index is -0.341. The van der Waals surface area contributed by atoms with Crippen molar-refractivity contribution >= 4 is 5.91 Å². The van der Waals surface area contributed by atoms with E-state index in [1.54, 1.807) is 11.1 Å². The van der Waals surface area contributed by atoms with Gasteiger partial charge in [-0.2, -0.15) is 5.10 Å². The fourth-order valence-electron chi connectivity index (χ4n) is 2.88. The van der Waals surface area contributed by atoms with Crippen LogP contribution >= 0.6 is 0 Å². The number of β-amino-alcohol motifs (C(OH)–C–C–N with tert-alkyl or cyclic N) is 1. The third-order valence-electron chi connectivity index (χ3n) is 3.82. The summed E-state index contributed by atoms with van der Waals surface area (Å²) in [6, 6.07) is 0. The topological polar surface area (TPSA) is 69.2 Å². The van der Waals surface area contributed by atoms with Crippen molar-refractivity contribution in [2.45, 2.75) is 37.7 Å². The van der Waals surface area contributed by atoms with E-state index in [0.29, 0.717) is 19.5 Å². The van der Waals surface area contributed by atoms with E-state index in [1.165, 1.54) is 0 Å². The van der Waals surface area contributed by atoms with E-state index in [1.807, 2.05) is 0 Å². The van der Waals surface area contributed by atoms with Crippen LogP contribution in [0, 0.1) is 0 Å². The molecule has 1 fully saturated rings. The molecule has 0 spiro atoms. The fourth-order valence-corrected chi connectivity index (χ4v) is 2.88. The summed E-state index contributed by atoms with van der Waals surface area (Å²) >= 11 is 0. The first kappa shape index (κ1) is 10.8.